The fraction of sp³-hybridized carbons (Fsp3) is 0.688. The van der Waals surface area contributed by atoms with Crippen LogP contribution < -0.4 is 0 Å². The molecular formula is C32H48FeP2. The molecule has 0 heterocycles. The van der Waals surface area contributed by atoms with Crippen molar-refractivity contribution in [2.45, 2.75) is 138 Å². The molecular weight excluding hydrogens is 502 g/mol. The molecule has 0 aliphatic heterocycles. The first-order valence-corrected chi connectivity index (χ1v) is 18.1. The molecule has 4 fully saturated rings. The topological polar surface area (TPSA) is 0 Å². The zero-order chi connectivity index (χ0) is 23.0. The Balaban J connectivity index is 0.000000431. The van der Waals surface area contributed by atoms with E-state index in [0.717, 1.165) is 22.6 Å². The first-order valence-electron chi connectivity index (χ1n) is 14.8. The van der Waals surface area contributed by atoms with E-state index in [2.05, 4.69) is 18.2 Å². The van der Waals surface area contributed by atoms with Gasteiger partial charge in [-0.2, -0.15) is 29.8 Å². The van der Waals surface area contributed by atoms with E-state index in [9.17, 15) is 0 Å². The third-order valence-electron chi connectivity index (χ3n) is 9.44. The van der Waals surface area contributed by atoms with Crippen molar-refractivity contribution in [3.8, 4) is 0 Å². The molecule has 0 amide bonds. The Morgan fingerprint density at radius 1 is 0.629 bits per heavy atom. The van der Waals surface area contributed by atoms with Crippen molar-refractivity contribution < 1.29 is 17.1 Å². The molecule has 0 bridgehead atoms. The van der Waals surface area contributed by atoms with Crippen LogP contribution in [0.3, 0.4) is 0 Å². The van der Waals surface area contributed by atoms with Crippen molar-refractivity contribution >= 4 is 15.8 Å². The SMILES string of the molecule is [Fe+2].c1cc(CP(C2CCCC2)C2CCCC2)[c-](CP(C2CCCC2)C2CCCC2)c1.c1cc[cH-]c1. The summed E-state index contributed by atoms with van der Waals surface area (Å²) in [6.45, 7) is 0. The quantitative estimate of drug-likeness (QED) is 0.174. The van der Waals surface area contributed by atoms with Crippen LogP contribution >= 0.6 is 15.8 Å². The van der Waals surface area contributed by atoms with Crippen LogP contribution in [0.2, 0.25) is 0 Å². The standard InChI is InChI=1S/C27H43P2.C5H5.Fe/c1-2-13-24(12-1)28(25-14-3-4-15-25)20-22-10-9-11-23(22)21-29(26-16-5-6-17-26)27-18-7-8-19-27;1-2-4-5-3-1;/h9-11,24-27H,1-8,12-21H2;1-5H;/q2*-1;+2. The molecule has 2 aromatic rings. The van der Waals surface area contributed by atoms with Crippen LogP contribution in [-0.2, 0) is 29.4 Å². The molecule has 6 rings (SSSR count). The maximum Gasteiger partial charge on any atom is 2.00 e. The zero-order valence-corrected chi connectivity index (χ0v) is 24.8. The molecule has 35 heavy (non-hydrogen) atoms. The van der Waals surface area contributed by atoms with Crippen LogP contribution in [0.25, 0.3) is 0 Å². The summed E-state index contributed by atoms with van der Waals surface area (Å²) >= 11 is 0. The predicted molar refractivity (Wildman–Crippen MR) is 154 cm³/mol. The second-order valence-electron chi connectivity index (χ2n) is 11.6. The summed E-state index contributed by atoms with van der Waals surface area (Å²) in [5.41, 5.74) is 8.09. The third kappa shape index (κ3) is 7.79. The third-order valence-corrected chi connectivity index (χ3v) is 16.7. The second kappa shape index (κ2) is 14.9. The fourth-order valence-corrected chi connectivity index (χ4v) is 15.3. The summed E-state index contributed by atoms with van der Waals surface area (Å²) < 4.78 is 0. The van der Waals surface area contributed by atoms with Crippen molar-refractivity contribution in [2.75, 3.05) is 0 Å². The molecule has 0 aromatic heterocycles. The van der Waals surface area contributed by atoms with Gasteiger partial charge >= 0.3 is 17.1 Å². The summed E-state index contributed by atoms with van der Waals surface area (Å²) in [6, 6.07) is 17.6. The molecule has 2 aromatic carbocycles. The van der Waals surface area contributed by atoms with Crippen molar-refractivity contribution in [1.82, 2.24) is 0 Å². The first kappa shape index (κ1) is 28.1. The van der Waals surface area contributed by atoms with Gasteiger partial charge in [0, 0.05) is 0 Å². The average molecular weight is 551 g/mol. The Kier molecular flexibility index (Phi) is 11.9. The summed E-state index contributed by atoms with van der Waals surface area (Å²) in [6.07, 6.45) is 27.7. The summed E-state index contributed by atoms with van der Waals surface area (Å²) in [5.74, 6) is 0. The van der Waals surface area contributed by atoms with Crippen molar-refractivity contribution in [1.29, 1.82) is 0 Å². The zero-order valence-electron chi connectivity index (χ0n) is 21.9. The van der Waals surface area contributed by atoms with Gasteiger partial charge in [0.1, 0.15) is 0 Å². The second-order valence-corrected chi connectivity index (χ2v) is 17.2. The van der Waals surface area contributed by atoms with Crippen LogP contribution in [-0.4, -0.2) is 22.6 Å². The van der Waals surface area contributed by atoms with Gasteiger partial charge in [0.05, 0.1) is 0 Å². The van der Waals surface area contributed by atoms with Gasteiger partial charge in [-0.1, -0.05) is 65.5 Å². The number of rotatable bonds is 8. The van der Waals surface area contributed by atoms with Crippen LogP contribution in [0.1, 0.15) is 114 Å². The Morgan fingerprint density at radius 2 is 1.06 bits per heavy atom. The monoisotopic (exact) mass is 550 g/mol. The van der Waals surface area contributed by atoms with Gasteiger partial charge in [0.25, 0.3) is 0 Å². The summed E-state index contributed by atoms with van der Waals surface area (Å²) in [7, 11) is 0.464. The average Bonchev–Trinajstić information content (AvgIpc) is 3.71. The van der Waals surface area contributed by atoms with Crippen molar-refractivity contribution in [2.24, 2.45) is 0 Å². The number of hydrogen-bond acceptors (Lipinski definition) is 0. The molecule has 0 nitrogen and oxygen atoms in total. The van der Waals surface area contributed by atoms with Crippen molar-refractivity contribution in [3.63, 3.8) is 0 Å². The van der Waals surface area contributed by atoms with Gasteiger partial charge < -0.3 is 0 Å². The van der Waals surface area contributed by atoms with Gasteiger partial charge in [0.2, 0.25) is 0 Å². The Morgan fingerprint density at radius 3 is 1.46 bits per heavy atom. The predicted octanol–water partition coefficient (Wildman–Crippen LogP) is 10.5. The Labute approximate surface area is 229 Å². The van der Waals surface area contributed by atoms with E-state index in [0.29, 0.717) is 0 Å². The molecule has 4 saturated carbocycles. The molecule has 194 valence electrons. The van der Waals surface area contributed by atoms with E-state index in [4.69, 9.17) is 0 Å². The molecule has 3 heteroatoms. The first-order chi connectivity index (χ1) is 16.9. The minimum absolute atomic E-state index is 0. The van der Waals surface area contributed by atoms with Crippen LogP contribution in [0, 0.1) is 0 Å². The molecule has 0 atom stereocenters. The molecule has 0 N–H and O–H groups in total. The number of hydrogen-bond donors (Lipinski definition) is 0. The summed E-state index contributed by atoms with van der Waals surface area (Å²) in [4.78, 5) is 0. The van der Waals surface area contributed by atoms with E-state index in [-0.39, 0.29) is 32.9 Å². The van der Waals surface area contributed by atoms with E-state index in [1.165, 1.54) is 63.7 Å². The van der Waals surface area contributed by atoms with Crippen molar-refractivity contribution in [3.05, 3.63) is 59.7 Å². The van der Waals surface area contributed by atoms with E-state index < -0.39 is 0 Å². The smallest absolute Gasteiger partial charge is 0.214 e. The van der Waals surface area contributed by atoms with Gasteiger partial charge in [-0.3, -0.25) is 0 Å². The van der Waals surface area contributed by atoms with E-state index >= 15 is 0 Å². The minimum Gasteiger partial charge on any atom is -0.214 e. The maximum atomic E-state index is 2.56. The van der Waals surface area contributed by atoms with E-state index in [1.807, 2.05) is 41.5 Å². The minimum atomic E-state index is 0. The van der Waals surface area contributed by atoms with Gasteiger partial charge in [-0.25, -0.2) is 24.3 Å². The van der Waals surface area contributed by atoms with Gasteiger partial charge in [-0.05, 0) is 80.2 Å². The molecule has 0 radical (unpaired) electrons. The van der Waals surface area contributed by atoms with Gasteiger partial charge in [0.15, 0.2) is 0 Å². The molecule has 0 saturated heterocycles. The molecule has 4 aliphatic rings. The molecule has 0 spiro atoms. The maximum absolute atomic E-state index is 2.56. The fourth-order valence-electron chi connectivity index (χ4n) is 7.57. The Bertz CT molecular complexity index is 686. The normalized spacial score (nSPS) is 22.2. The molecule has 4 aliphatic carbocycles. The van der Waals surface area contributed by atoms with Crippen LogP contribution in [0.15, 0.2) is 48.5 Å². The Hall–Kier alpha value is 0.0795. The summed E-state index contributed by atoms with van der Waals surface area (Å²) in [5, 5.41) is 0. The van der Waals surface area contributed by atoms with Crippen LogP contribution in [0.4, 0.5) is 0 Å². The van der Waals surface area contributed by atoms with E-state index in [1.54, 1.807) is 51.4 Å². The molecule has 0 unspecified atom stereocenters. The largest absolute Gasteiger partial charge is 2.00 e. The van der Waals surface area contributed by atoms with Crippen LogP contribution in [0.5, 0.6) is 0 Å². The van der Waals surface area contributed by atoms with Gasteiger partial charge in [-0.15, -0.1) is 13.5 Å².